The topological polar surface area (TPSA) is 37.3 Å². The number of carbonyl (C=O) groups excluding carboxylic acids is 1. The molecule has 0 saturated heterocycles. The van der Waals surface area contributed by atoms with Crippen LogP contribution in [0.5, 0.6) is 0 Å². The van der Waals surface area contributed by atoms with Crippen molar-refractivity contribution in [2.24, 2.45) is 0 Å². The fourth-order valence-corrected chi connectivity index (χ4v) is 3.88. The number of aldehydes is 1. The van der Waals surface area contributed by atoms with Crippen LogP contribution < -0.4 is 0 Å². The van der Waals surface area contributed by atoms with Crippen LogP contribution in [0.1, 0.15) is 148 Å². The van der Waals surface area contributed by atoms with E-state index < -0.39 is 0 Å². The van der Waals surface area contributed by atoms with Crippen LogP contribution in [0.15, 0.2) is 0 Å². The van der Waals surface area contributed by atoms with Gasteiger partial charge in [-0.15, -0.1) is 0 Å². The first kappa shape index (κ1) is 26.6. The van der Waals surface area contributed by atoms with Crippen LogP contribution in [0, 0.1) is 0 Å². The second-order valence-corrected chi connectivity index (χ2v) is 8.46. The summed E-state index contributed by atoms with van der Waals surface area (Å²) in [5.74, 6) is 0. The molecule has 0 aliphatic rings. The van der Waals surface area contributed by atoms with Crippen LogP contribution in [0.2, 0.25) is 0 Å². The molecule has 0 aromatic carbocycles. The first-order chi connectivity index (χ1) is 13.4. The van der Waals surface area contributed by atoms with E-state index in [4.69, 9.17) is 5.11 Å². The zero-order chi connectivity index (χ0) is 19.7. The molecule has 0 unspecified atom stereocenters. The predicted octanol–water partition coefficient (Wildman–Crippen LogP) is 8.15. The van der Waals surface area contributed by atoms with E-state index in [1.165, 1.54) is 128 Å². The Kier molecular flexibility index (Phi) is 25.3. The summed E-state index contributed by atoms with van der Waals surface area (Å²) in [6.45, 7) is 0.366. The highest BCUT2D eigenvalue weighted by Gasteiger charge is 1.95. The molecule has 0 fully saturated rings. The fourth-order valence-electron chi connectivity index (χ4n) is 3.88. The average Bonchev–Trinajstić information content (AvgIpc) is 2.68. The minimum absolute atomic E-state index is 0.366. The number of unbranched alkanes of at least 4 members (excludes halogenated alkanes) is 22. The van der Waals surface area contributed by atoms with Crippen molar-refractivity contribution in [2.45, 2.75) is 148 Å². The zero-order valence-electron chi connectivity index (χ0n) is 18.4. The quantitative estimate of drug-likeness (QED) is 0.135. The van der Waals surface area contributed by atoms with E-state index in [0.29, 0.717) is 6.61 Å². The van der Waals surface area contributed by atoms with Crippen molar-refractivity contribution < 1.29 is 9.90 Å². The molecule has 0 heterocycles. The Labute approximate surface area is 170 Å². The normalized spacial score (nSPS) is 11.1. The Morgan fingerprint density at radius 2 is 0.593 bits per heavy atom. The molecule has 2 nitrogen and oxygen atoms in total. The van der Waals surface area contributed by atoms with Crippen LogP contribution in [0.3, 0.4) is 0 Å². The van der Waals surface area contributed by atoms with Gasteiger partial charge in [0.2, 0.25) is 0 Å². The Morgan fingerprint density at radius 1 is 0.370 bits per heavy atom. The number of aliphatic hydroxyl groups is 1. The van der Waals surface area contributed by atoms with Crippen LogP contribution in [-0.4, -0.2) is 18.0 Å². The minimum atomic E-state index is 0.366. The van der Waals surface area contributed by atoms with Gasteiger partial charge in [-0.05, 0) is 12.8 Å². The molecule has 0 aromatic heterocycles. The molecule has 0 amide bonds. The Hall–Kier alpha value is -0.370. The minimum Gasteiger partial charge on any atom is -0.396 e. The number of rotatable bonds is 24. The van der Waals surface area contributed by atoms with Gasteiger partial charge < -0.3 is 9.90 Å². The molecule has 0 bridgehead atoms. The lowest BCUT2D eigenvalue weighted by Crippen LogP contribution is -1.85. The summed E-state index contributed by atoms with van der Waals surface area (Å²) in [7, 11) is 0. The number of aliphatic hydroxyl groups excluding tert-OH is 1. The molecular formula is C25H50O2. The van der Waals surface area contributed by atoms with Gasteiger partial charge in [-0.3, -0.25) is 0 Å². The first-order valence-electron chi connectivity index (χ1n) is 12.5. The van der Waals surface area contributed by atoms with Gasteiger partial charge >= 0.3 is 0 Å². The van der Waals surface area contributed by atoms with Crippen LogP contribution in [0.25, 0.3) is 0 Å². The van der Waals surface area contributed by atoms with Gasteiger partial charge in [0.25, 0.3) is 0 Å². The van der Waals surface area contributed by atoms with Crippen molar-refractivity contribution in [3.05, 3.63) is 0 Å². The molecule has 2 heteroatoms. The maximum absolute atomic E-state index is 10.2. The van der Waals surface area contributed by atoms with Gasteiger partial charge in [-0.25, -0.2) is 0 Å². The number of carbonyl (C=O) groups is 1. The average molecular weight is 383 g/mol. The molecule has 27 heavy (non-hydrogen) atoms. The third-order valence-electron chi connectivity index (χ3n) is 5.73. The number of hydrogen-bond acceptors (Lipinski definition) is 2. The summed E-state index contributed by atoms with van der Waals surface area (Å²) in [5, 5.41) is 8.73. The first-order valence-corrected chi connectivity index (χ1v) is 12.5. The predicted molar refractivity (Wildman–Crippen MR) is 119 cm³/mol. The Bertz CT molecular complexity index is 265. The van der Waals surface area contributed by atoms with Crippen molar-refractivity contribution in [2.75, 3.05) is 6.61 Å². The maximum Gasteiger partial charge on any atom is 0.119 e. The Morgan fingerprint density at radius 3 is 0.815 bits per heavy atom. The second kappa shape index (κ2) is 25.6. The summed E-state index contributed by atoms with van der Waals surface area (Å²) in [4.78, 5) is 10.2. The smallest absolute Gasteiger partial charge is 0.119 e. The van der Waals surface area contributed by atoms with Crippen molar-refractivity contribution in [1.29, 1.82) is 0 Å². The molecule has 0 radical (unpaired) electrons. The van der Waals surface area contributed by atoms with Crippen molar-refractivity contribution >= 4 is 6.29 Å². The zero-order valence-corrected chi connectivity index (χ0v) is 18.4. The molecular weight excluding hydrogens is 332 g/mol. The standard InChI is InChI=1S/C25H50O2/c26-24-22-20-18-16-14-12-10-8-6-4-2-1-3-5-7-9-11-13-15-17-19-21-23-25-27/h24,27H,1-23,25H2. The van der Waals surface area contributed by atoms with Gasteiger partial charge in [0, 0.05) is 13.0 Å². The van der Waals surface area contributed by atoms with E-state index in [2.05, 4.69) is 0 Å². The highest BCUT2D eigenvalue weighted by molar-refractivity contribution is 5.48. The Balaban J connectivity index is 2.96. The lowest BCUT2D eigenvalue weighted by molar-refractivity contribution is -0.107. The van der Waals surface area contributed by atoms with E-state index >= 15 is 0 Å². The van der Waals surface area contributed by atoms with E-state index in [1.54, 1.807) is 0 Å². The van der Waals surface area contributed by atoms with Gasteiger partial charge in [0.15, 0.2) is 0 Å². The summed E-state index contributed by atoms with van der Waals surface area (Å²) < 4.78 is 0. The van der Waals surface area contributed by atoms with Crippen LogP contribution in [-0.2, 0) is 4.79 Å². The molecule has 0 rings (SSSR count). The van der Waals surface area contributed by atoms with Gasteiger partial charge in [0.05, 0.1) is 0 Å². The summed E-state index contributed by atoms with van der Waals surface area (Å²) in [5.41, 5.74) is 0. The molecule has 0 aliphatic carbocycles. The van der Waals surface area contributed by atoms with Gasteiger partial charge in [-0.2, -0.15) is 0 Å². The van der Waals surface area contributed by atoms with Crippen LogP contribution in [0.4, 0.5) is 0 Å². The molecule has 0 atom stereocenters. The molecule has 0 saturated carbocycles. The third kappa shape index (κ3) is 25.6. The summed E-state index contributed by atoms with van der Waals surface area (Å²) >= 11 is 0. The monoisotopic (exact) mass is 382 g/mol. The van der Waals surface area contributed by atoms with E-state index in [0.717, 1.165) is 25.5 Å². The van der Waals surface area contributed by atoms with Gasteiger partial charge in [-0.1, -0.05) is 128 Å². The summed E-state index contributed by atoms with van der Waals surface area (Å²) in [6, 6.07) is 0. The molecule has 0 spiro atoms. The maximum atomic E-state index is 10.2. The molecule has 0 aromatic rings. The number of hydrogen-bond donors (Lipinski definition) is 1. The van der Waals surface area contributed by atoms with Crippen molar-refractivity contribution in [3.8, 4) is 0 Å². The lowest BCUT2D eigenvalue weighted by atomic mass is 10.0. The molecule has 162 valence electrons. The lowest BCUT2D eigenvalue weighted by Gasteiger charge is -2.04. The molecule has 0 aliphatic heterocycles. The molecule has 1 N–H and O–H groups in total. The largest absolute Gasteiger partial charge is 0.396 e. The van der Waals surface area contributed by atoms with E-state index in [-0.39, 0.29) is 0 Å². The van der Waals surface area contributed by atoms with Crippen molar-refractivity contribution in [1.82, 2.24) is 0 Å². The highest BCUT2D eigenvalue weighted by Crippen LogP contribution is 2.15. The van der Waals surface area contributed by atoms with Crippen LogP contribution >= 0.6 is 0 Å². The summed E-state index contributed by atoms with van der Waals surface area (Å²) in [6.07, 6.45) is 31.7. The van der Waals surface area contributed by atoms with E-state index in [9.17, 15) is 4.79 Å². The SMILES string of the molecule is O=CCCCCCCCCCCCCCCCCCCCCCCCCO. The highest BCUT2D eigenvalue weighted by atomic mass is 16.2. The fraction of sp³-hybridized carbons (Fsp3) is 0.960. The van der Waals surface area contributed by atoms with Crippen molar-refractivity contribution in [3.63, 3.8) is 0 Å². The van der Waals surface area contributed by atoms with Gasteiger partial charge in [0.1, 0.15) is 6.29 Å². The third-order valence-corrected chi connectivity index (χ3v) is 5.73. The second-order valence-electron chi connectivity index (χ2n) is 8.46. The van der Waals surface area contributed by atoms with E-state index in [1.807, 2.05) is 0 Å².